The molecule has 0 amide bonds. The molecule has 0 aromatic heterocycles. The van der Waals surface area contributed by atoms with Crippen molar-refractivity contribution in [2.24, 2.45) is 0 Å². The van der Waals surface area contributed by atoms with Gasteiger partial charge in [0.15, 0.2) is 0 Å². The van der Waals surface area contributed by atoms with Gasteiger partial charge in [0.25, 0.3) is 0 Å². The fraction of sp³-hybridized carbons (Fsp3) is 0.214. The van der Waals surface area contributed by atoms with Crippen LogP contribution in [0.25, 0.3) is 0 Å². The smallest absolute Gasteiger partial charge is 0.0526 e. The Kier molecular flexibility index (Phi) is 4.06. The Morgan fingerprint density at radius 2 is 1.69 bits per heavy atom. The van der Waals surface area contributed by atoms with Crippen LogP contribution in [0.1, 0.15) is 18.4 Å². The highest BCUT2D eigenvalue weighted by Gasteiger charge is 2.31. The van der Waals surface area contributed by atoms with Gasteiger partial charge in [0, 0.05) is 5.41 Å². The third-order valence-electron chi connectivity index (χ3n) is 2.70. The molecule has 0 atom stereocenters. The van der Waals surface area contributed by atoms with Gasteiger partial charge in [0.05, 0.1) is 5.97 Å². The topological polar surface area (TPSA) is 40.1 Å². The fourth-order valence-corrected chi connectivity index (χ4v) is 1.85. The number of carboxylic acids is 1. The summed E-state index contributed by atoms with van der Waals surface area (Å²) in [5.74, 6) is -1.08. The number of carboxylic acid groups (broad SMARTS) is 1. The van der Waals surface area contributed by atoms with Gasteiger partial charge in [-0.15, -0.1) is 13.2 Å². The van der Waals surface area contributed by atoms with Crippen LogP contribution in [0.2, 0.25) is 0 Å². The lowest BCUT2D eigenvalue weighted by molar-refractivity contribution is -0.313. The molecular weight excluding hydrogens is 200 g/mol. The molecule has 1 rings (SSSR count). The molecular formula is C14H15O2-. The second-order valence-electron chi connectivity index (χ2n) is 3.72. The number of allylic oxidation sites excluding steroid dienone is 2. The van der Waals surface area contributed by atoms with Gasteiger partial charge in [0.2, 0.25) is 0 Å². The molecule has 2 heteroatoms. The van der Waals surface area contributed by atoms with Gasteiger partial charge in [-0.1, -0.05) is 42.5 Å². The lowest BCUT2D eigenvalue weighted by Crippen LogP contribution is -2.45. The zero-order chi connectivity index (χ0) is 12.0. The summed E-state index contributed by atoms with van der Waals surface area (Å²) < 4.78 is 0. The largest absolute Gasteiger partial charge is 0.549 e. The standard InChI is InChI=1S/C14H16O2/c1-3-10-14(11-4-2,13(15)16)12-8-6-5-7-9-12/h3-9H,1-2,10-11H2,(H,15,16)/p-1. The van der Waals surface area contributed by atoms with Crippen molar-refractivity contribution in [2.75, 3.05) is 0 Å². The normalized spacial score (nSPS) is 10.8. The first kappa shape index (κ1) is 12.2. The first-order valence-corrected chi connectivity index (χ1v) is 5.16. The van der Waals surface area contributed by atoms with E-state index in [2.05, 4.69) is 13.2 Å². The van der Waals surface area contributed by atoms with Gasteiger partial charge < -0.3 is 9.90 Å². The second kappa shape index (κ2) is 5.31. The van der Waals surface area contributed by atoms with E-state index < -0.39 is 11.4 Å². The number of aliphatic carboxylic acids is 1. The summed E-state index contributed by atoms with van der Waals surface area (Å²) in [6.45, 7) is 7.22. The Labute approximate surface area is 95.9 Å². The van der Waals surface area contributed by atoms with Crippen molar-refractivity contribution in [3.05, 3.63) is 61.2 Å². The Hall–Kier alpha value is -1.83. The summed E-state index contributed by atoms with van der Waals surface area (Å²) in [7, 11) is 0. The maximum absolute atomic E-state index is 11.4. The van der Waals surface area contributed by atoms with Crippen LogP contribution in [0, 0.1) is 0 Å². The molecule has 1 aromatic carbocycles. The number of benzene rings is 1. The first-order chi connectivity index (χ1) is 7.67. The SMILES string of the molecule is C=CCC(CC=C)(C(=O)[O-])c1ccccc1. The lowest BCUT2D eigenvalue weighted by atomic mass is 9.75. The molecule has 0 aliphatic heterocycles. The summed E-state index contributed by atoms with van der Waals surface area (Å²) in [6.07, 6.45) is 3.88. The second-order valence-corrected chi connectivity index (χ2v) is 3.72. The minimum Gasteiger partial charge on any atom is -0.549 e. The molecule has 0 saturated carbocycles. The molecule has 16 heavy (non-hydrogen) atoms. The molecule has 0 saturated heterocycles. The van der Waals surface area contributed by atoms with Crippen LogP contribution in [0.15, 0.2) is 55.6 Å². The Bertz CT molecular complexity index is 369. The zero-order valence-electron chi connectivity index (χ0n) is 9.19. The van der Waals surface area contributed by atoms with Gasteiger partial charge in [-0.25, -0.2) is 0 Å². The average molecular weight is 215 g/mol. The van der Waals surface area contributed by atoms with Crippen LogP contribution in [0.3, 0.4) is 0 Å². The maximum atomic E-state index is 11.4. The van der Waals surface area contributed by atoms with Gasteiger partial charge in [-0.2, -0.15) is 0 Å². The monoisotopic (exact) mass is 215 g/mol. The van der Waals surface area contributed by atoms with Crippen LogP contribution >= 0.6 is 0 Å². The van der Waals surface area contributed by atoms with Gasteiger partial charge in [-0.05, 0) is 18.4 Å². The molecule has 0 spiro atoms. The van der Waals surface area contributed by atoms with Crippen molar-refractivity contribution < 1.29 is 9.90 Å². The number of hydrogen-bond donors (Lipinski definition) is 0. The summed E-state index contributed by atoms with van der Waals surface area (Å²) in [4.78, 5) is 11.4. The minimum absolute atomic E-state index is 0.339. The predicted octanol–water partition coefficient (Wildman–Crippen LogP) is 1.83. The molecule has 1 aromatic rings. The molecule has 0 heterocycles. The van der Waals surface area contributed by atoms with Crippen LogP contribution in [-0.4, -0.2) is 5.97 Å². The zero-order valence-corrected chi connectivity index (χ0v) is 9.19. The molecule has 0 fully saturated rings. The van der Waals surface area contributed by atoms with Crippen molar-refractivity contribution in [1.82, 2.24) is 0 Å². The average Bonchev–Trinajstić information content (AvgIpc) is 2.29. The van der Waals surface area contributed by atoms with Crippen molar-refractivity contribution in [3.63, 3.8) is 0 Å². The van der Waals surface area contributed by atoms with Gasteiger partial charge in [-0.3, -0.25) is 0 Å². The van der Waals surface area contributed by atoms with E-state index in [1.165, 1.54) is 0 Å². The Morgan fingerprint density at radius 1 is 1.19 bits per heavy atom. The first-order valence-electron chi connectivity index (χ1n) is 5.16. The van der Waals surface area contributed by atoms with E-state index >= 15 is 0 Å². The molecule has 0 aliphatic rings. The predicted molar refractivity (Wildman–Crippen MR) is 62.8 cm³/mol. The number of carbonyl (C=O) groups is 1. The summed E-state index contributed by atoms with van der Waals surface area (Å²) in [5, 5.41) is 11.4. The highest BCUT2D eigenvalue weighted by molar-refractivity contribution is 5.80. The Morgan fingerprint density at radius 3 is 2.06 bits per heavy atom. The van der Waals surface area contributed by atoms with E-state index in [9.17, 15) is 9.90 Å². The molecule has 84 valence electrons. The molecule has 0 radical (unpaired) electrons. The minimum atomic E-state index is -1.08. The highest BCUT2D eigenvalue weighted by atomic mass is 16.4. The fourth-order valence-electron chi connectivity index (χ4n) is 1.85. The van der Waals surface area contributed by atoms with Crippen LogP contribution < -0.4 is 5.11 Å². The van der Waals surface area contributed by atoms with E-state index in [-0.39, 0.29) is 0 Å². The number of rotatable bonds is 6. The van der Waals surface area contributed by atoms with Crippen molar-refractivity contribution in [2.45, 2.75) is 18.3 Å². The van der Waals surface area contributed by atoms with Gasteiger partial charge in [0.1, 0.15) is 0 Å². The van der Waals surface area contributed by atoms with E-state index in [0.29, 0.717) is 12.8 Å². The number of hydrogen-bond acceptors (Lipinski definition) is 2. The quantitative estimate of drug-likeness (QED) is 0.679. The summed E-state index contributed by atoms with van der Waals surface area (Å²) >= 11 is 0. The van der Waals surface area contributed by atoms with E-state index in [4.69, 9.17) is 0 Å². The highest BCUT2D eigenvalue weighted by Crippen LogP contribution is 2.32. The molecule has 2 nitrogen and oxygen atoms in total. The van der Waals surface area contributed by atoms with Crippen molar-refractivity contribution in [3.8, 4) is 0 Å². The van der Waals surface area contributed by atoms with Gasteiger partial charge >= 0.3 is 0 Å². The third kappa shape index (κ3) is 2.22. The van der Waals surface area contributed by atoms with E-state index in [0.717, 1.165) is 5.56 Å². The summed E-state index contributed by atoms with van der Waals surface area (Å²) in [5.41, 5.74) is -0.306. The van der Waals surface area contributed by atoms with Crippen LogP contribution in [0.5, 0.6) is 0 Å². The van der Waals surface area contributed by atoms with E-state index in [1.807, 2.05) is 18.2 Å². The maximum Gasteiger partial charge on any atom is 0.0526 e. The molecule has 0 N–H and O–H groups in total. The molecule has 0 aliphatic carbocycles. The van der Waals surface area contributed by atoms with Crippen molar-refractivity contribution >= 4 is 5.97 Å². The van der Waals surface area contributed by atoms with E-state index in [1.54, 1.807) is 24.3 Å². The Balaban J connectivity index is 3.25. The molecule has 0 bridgehead atoms. The lowest BCUT2D eigenvalue weighted by Gasteiger charge is -2.33. The van der Waals surface area contributed by atoms with Crippen LogP contribution in [-0.2, 0) is 10.2 Å². The van der Waals surface area contributed by atoms with Crippen molar-refractivity contribution in [1.29, 1.82) is 0 Å². The summed E-state index contributed by atoms with van der Waals surface area (Å²) in [6, 6.07) is 9.08. The van der Waals surface area contributed by atoms with Crippen LogP contribution in [0.4, 0.5) is 0 Å². The number of carbonyl (C=O) groups excluding carboxylic acids is 1. The molecule has 0 unspecified atom stereocenters. The third-order valence-corrected chi connectivity index (χ3v) is 2.70.